The highest BCUT2D eigenvalue weighted by Crippen LogP contribution is 2.25. The molecule has 2 aromatic rings. The van der Waals surface area contributed by atoms with Crippen LogP contribution in [0.2, 0.25) is 0 Å². The number of piperidine rings is 2. The Hall–Kier alpha value is -3.48. The van der Waals surface area contributed by atoms with Gasteiger partial charge in [0.25, 0.3) is 0 Å². The first kappa shape index (κ1) is 23.7. The highest BCUT2D eigenvalue weighted by atomic mass is 16.2. The van der Waals surface area contributed by atoms with Crippen LogP contribution in [0.4, 0.5) is 5.82 Å². The summed E-state index contributed by atoms with van der Waals surface area (Å²) in [7, 11) is 0. The van der Waals surface area contributed by atoms with E-state index in [0.29, 0.717) is 44.8 Å². The molecule has 0 spiro atoms. The third kappa shape index (κ3) is 6.10. The van der Waals surface area contributed by atoms with Crippen LogP contribution in [0.3, 0.4) is 0 Å². The quantitative estimate of drug-likeness (QED) is 0.692. The van der Waals surface area contributed by atoms with Crippen LogP contribution in [0, 0.1) is 18.8 Å². The predicted octanol–water partition coefficient (Wildman–Crippen LogP) is 3.52. The molecule has 2 aliphatic rings. The zero-order valence-corrected chi connectivity index (χ0v) is 19.7. The maximum atomic E-state index is 13.2. The summed E-state index contributed by atoms with van der Waals surface area (Å²) >= 11 is 0. The molecule has 1 atom stereocenters. The fourth-order valence-electron chi connectivity index (χ4n) is 4.67. The number of pyridine rings is 1. The number of amides is 3. The Morgan fingerprint density at radius 2 is 1.68 bits per heavy atom. The van der Waals surface area contributed by atoms with E-state index in [2.05, 4.69) is 10.3 Å². The predicted molar refractivity (Wildman–Crippen MR) is 132 cm³/mol. The Balaban J connectivity index is 1.26. The van der Waals surface area contributed by atoms with Crippen LogP contribution < -0.4 is 5.32 Å². The van der Waals surface area contributed by atoms with Gasteiger partial charge in [0.05, 0.1) is 5.92 Å². The molecule has 1 aromatic carbocycles. The van der Waals surface area contributed by atoms with Crippen LogP contribution >= 0.6 is 0 Å². The molecule has 7 heteroatoms. The fourth-order valence-corrected chi connectivity index (χ4v) is 4.67. The van der Waals surface area contributed by atoms with Gasteiger partial charge in [-0.2, -0.15) is 0 Å². The fraction of sp³-hybridized carbons (Fsp3) is 0.407. The minimum Gasteiger partial charge on any atom is -0.342 e. The van der Waals surface area contributed by atoms with Crippen LogP contribution in [0.25, 0.3) is 6.08 Å². The van der Waals surface area contributed by atoms with Crippen molar-refractivity contribution in [2.45, 2.75) is 32.6 Å². The van der Waals surface area contributed by atoms with E-state index in [0.717, 1.165) is 24.1 Å². The van der Waals surface area contributed by atoms with Crippen LogP contribution in [-0.4, -0.2) is 58.7 Å². The van der Waals surface area contributed by atoms with Gasteiger partial charge in [0.2, 0.25) is 17.7 Å². The average molecular weight is 461 g/mol. The minimum atomic E-state index is -0.232. The van der Waals surface area contributed by atoms with Gasteiger partial charge in [0.15, 0.2) is 0 Å². The van der Waals surface area contributed by atoms with Gasteiger partial charge in [-0.05, 0) is 56.4 Å². The Morgan fingerprint density at radius 3 is 2.41 bits per heavy atom. The zero-order valence-electron chi connectivity index (χ0n) is 19.7. The molecular formula is C27H32N4O3. The van der Waals surface area contributed by atoms with Gasteiger partial charge < -0.3 is 15.1 Å². The number of likely N-dealkylation sites (tertiary alicyclic amines) is 2. The number of nitrogens with one attached hydrogen (secondary N) is 1. The van der Waals surface area contributed by atoms with Gasteiger partial charge in [0.1, 0.15) is 5.82 Å². The van der Waals surface area contributed by atoms with Crippen molar-refractivity contribution < 1.29 is 14.4 Å². The minimum absolute atomic E-state index is 0.0192. The van der Waals surface area contributed by atoms with Crippen LogP contribution in [0.15, 0.2) is 54.6 Å². The van der Waals surface area contributed by atoms with Crippen molar-refractivity contribution in [2.24, 2.45) is 11.8 Å². The summed E-state index contributed by atoms with van der Waals surface area (Å²) < 4.78 is 0. The highest BCUT2D eigenvalue weighted by molar-refractivity contribution is 5.93. The Morgan fingerprint density at radius 1 is 0.912 bits per heavy atom. The van der Waals surface area contributed by atoms with Gasteiger partial charge in [-0.3, -0.25) is 14.4 Å². The summed E-state index contributed by atoms with van der Waals surface area (Å²) in [5, 5.41) is 2.89. The largest absolute Gasteiger partial charge is 0.342 e. The maximum absolute atomic E-state index is 13.2. The number of nitrogens with zero attached hydrogens (tertiary/aromatic N) is 3. The second kappa shape index (κ2) is 11.1. The molecule has 0 saturated carbocycles. The van der Waals surface area contributed by atoms with E-state index in [9.17, 15) is 14.4 Å². The first-order chi connectivity index (χ1) is 16.5. The lowest BCUT2D eigenvalue weighted by atomic mass is 9.92. The standard InChI is InChI=1S/C27H32N4O3/c1-20-7-5-11-24(28-20)29-26(33)23-10-6-16-31(19-23)27(34)22-14-17-30(18-15-22)25(32)13-12-21-8-3-2-4-9-21/h2-5,7-9,11-13,22-23H,6,10,14-19H2,1H3,(H,28,29,33). The number of rotatable bonds is 5. The van der Waals surface area contributed by atoms with E-state index in [1.54, 1.807) is 12.1 Å². The van der Waals surface area contributed by atoms with Crippen molar-refractivity contribution in [3.8, 4) is 0 Å². The monoisotopic (exact) mass is 460 g/mol. The van der Waals surface area contributed by atoms with Crippen molar-refractivity contribution in [2.75, 3.05) is 31.5 Å². The molecular weight excluding hydrogens is 428 g/mol. The van der Waals surface area contributed by atoms with Gasteiger partial charge in [-0.15, -0.1) is 0 Å². The van der Waals surface area contributed by atoms with Gasteiger partial charge in [0, 0.05) is 43.9 Å². The van der Waals surface area contributed by atoms with E-state index in [1.165, 1.54) is 0 Å². The molecule has 7 nitrogen and oxygen atoms in total. The summed E-state index contributed by atoms with van der Waals surface area (Å²) in [5.41, 5.74) is 1.83. The third-order valence-electron chi connectivity index (χ3n) is 6.62. The number of hydrogen-bond donors (Lipinski definition) is 1. The number of aryl methyl sites for hydroxylation is 1. The summed E-state index contributed by atoms with van der Waals surface area (Å²) in [6, 6.07) is 15.3. The van der Waals surface area contributed by atoms with Gasteiger partial charge in [-0.1, -0.05) is 36.4 Å². The van der Waals surface area contributed by atoms with Crippen molar-refractivity contribution in [3.05, 3.63) is 65.9 Å². The number of benzene rings is 1. The van der Waals surface area contributed by atoms with Crippen molar-refractivity contribution >= 4 is 29.6 Å². The number of anilines is 1. The second-order valence-electron chi connectivity index (χ2n) is 9.12. The molecule has 1 aromatic heterocycles. The van der Waals surface area contributed by atoms with Gasteiger partial charge in [-0.25, -0.2) is 4.98 Å². The molecule has 2 fully saturated rings. The Bertz CT molecular complexity index is 1040. The molecule has 2 saturated heterocycles. The lowest BCUT2D eigenvalue weighted by molar-refractivity contribution is -0.141. The first-order valence-corrected chi connectivity index (χ1v) is 12.0. The lowest BCUT2D eigenvalue weighted by Gasteiger charge is -2.37. The molecule has 178 valence electrons. The van der Waals surface area contributed by atoms with E-state index in [1.807, 2.05) is 65.3 Å². The lowest BCUT2D eigenvalue weighted by Crippen LogP contribution is -2.48. The normalized spacial score (nSPS) is 19.3. The molecule has 34 heavy (non-hydrogen) atoms. The molecule has 3 amide bonds. The Kier molecular flexibility index (Phi) is 7.72. The van der Waals surface area contributed by atoms with Crippen molar-refractivity contribution in [1.82, 2.24) is 14.8 Å². The average Bonchev–Trinajstić information content (AvgIpc) is 2.87. The maximum Gasteiger partial charge on any atom is 0.246 e. The molecule has 0 aliphatic carbocycles. The summed E-state index contributed by atoms with van der Waals surface area (Å²) in [6.07, 6.45) is 6.32. The van der Waals surface area contributed by atoms with Gasteiger partial charge >= 0.3 is 0 Å². The molecule has 2 aliphatic heterocycles. The van der Waals surface area contributed by atoms with Crippen molar-refractivity contribution in [3.63, 3.8) is 0 Å². The SMILES string of the molecule is Cc1cccc(NC(=O)C2CCCN(C(=O)C3CCN(C(=O)C=Cc4ccccc4)CC3)C2)n1. The third-order valence-corrected chi connectivity index (χ3v) is 6.62. The van der Waals surface area contributed by atoms with E-state index < -0.39 is 0 Å². The topological polar surface area (TPSA) is 82.6 Å². The van der Waals surface area contributed by atoms with Crippen LogP contribution in [0.5, 0.6) is 0 Å². The van der Waals surface area contributed by atoms with E-state index >= 15 is 0 Å². The molecule has 4 rings (SSSR count). The van der Waals surface area contributed by atoms with Crippen LogP contribution in [0.1, 0.15) is 36.9 Å². The molecule has 0 radical (unpaired) electrons. The number of carbonyl (C=O) groups is 3. The summed E-state index contributed by atoms with van der Waals surface area (Å²) in [5.74, 6) is 0.229. The smallest absolute Gasteiger partial charge is 0.246 e. The second-order valence-corrected chi connectivity index (χ2v) is 9.12. The summed E-state index contributed by atoms with van der Waals surface area (Å²) in [6.45, 7) is 4.16. The molecule has 3 heterocycles. The zero-order chi connectivity index (χ0) is 23.9. The number of hydrogen-bond acceptors (Lipinski definition) is 4. The molecule has 1 N–H and O–H groups in total. The van der Waals surface area contributed by atoms with E-state index in [-0.39, 0.29) is 29.6 Å². The number of carbonyl (C=O) groups excluding carboxylic acids is 3. The Labute approximate surface area is 200 Å². The highest BCUT2D eigenvalue weighted by Gasteiger charge is 2.34. The van der Waals surface area contributed by atoms with E-state index in [4.69, 9.17) is 0 Å². The first-order valence-electron chi connectivity index (χ1n) is 12.0. The van der Waals surface area contributed by atoms with Crippen LogP contribution in [-0.2, 0) is 14.4 Å². The molecule has 0 bridgehead atoms. The summed E-state index contributed by atoms with van der Waals surface area (Å²) in [4.78, 5) is 46.5. The molecule has 1 unspecified atom stereocenters. The van der Waals surface area contributed by atoms with Crippen molar-refractivity contribution in [1.29, 1.82) is 0 Å². The number of aromatic nitrogens is 1.